The lowest BCUT2D eigenvalue weighted by molar-refractivity contribution is 0.529. The lowest BCUT2D eigenvalue weighted by atomic mass is 9.94. The normalized spacial score (nSPS) is 15.4. The Morgan fingerprint density at radius 1 is 0.483 bits per heavy atom. The molecular weight excluding hydrogens is 817 g/mol. The molecule has 6 heteroatoms. The number of allylic oxidation sites excluding steroid dienone is 1. The van der Waals surface area contributed by atoms with Crippen LogP contribution in [-0.2, 0) is 19.3 Å². The van der Waals surface area contributed by atoms with Crippen LogP contribution in [0, 0.1) is 5.92 Å². The number of hydrogen-bond donors (Lipinski definition) is 2. The Balaban J connectivity index is 1.18. The molecule has 1 aliphatic rings. The second-order valence-electron chi connectivity index (χ2n) is 16.6. The minimum atomic E-state index is 0.496. The molecule has 0 bridgehead atoms. The van der Waals surface area contributed by atoms with Gasteiger partial charge in [-0.1, -0.05) is 166 Å². The number of benzene rings is 2. The molecule has 4 heterocycles. The third-order valence-electron chi connectivity index (χ3n) is 11.9. The average molecular weight is 886 g/mol. The first kappa shape index (κ1) is 45.8. The summed E-state index contributed by atoms with van der Waals surface area (Å²) in [6.07, 6.45) is 28.2. The molecule has 0 saturated heterocycles. The van der Waals surface area contributed by atoms with Gasteiger partial charge in [0.15, 0.2) is 0 Å². The Kier molecular flexibility index (Phi) is 19.0. The van der Waals surface area contributed by atoms with Crippen molar-refractivity contribution >= 4 is 75.9 Å². The zero-order valence-electron chi connectivity index (χ0n) is 35.8. The van der Waals surface area contributed by atoms with Gasteiger partial charge in [0, 0.05) is 24.4 Å². The topological polar surface area (TPSA) is 0 Å². The largest absolute Gasteiger partial charge is 0.134 e. The van der Waals surface area contributed by atoms with Gasteiger partial charge < -0.3 is 0 Å². The van der Waals surface area contributed by atoms with Crippen LogP contribution < -0.4 is 0 Å². The molecule has 2 unspecified atom stereocenters. The second kappa shape index (κ2) is 24.1. The van der Waals surface area contributed by atoms with Crippen molar-refractivity contribution in [3.8, 4) is 31.3 Å². The SMILES string of the molecule is CCCCCCc1cc(C2SC(c3ccc(-c4ccc(-c5sc(-c6sc(S)cc6CCCCCC)cc5CCCCCC)cc4)cc3)=CC2CCCCCC)sc1S. The Morgan fingerprint density at radius 2 is 1.00 bits per heavy atom. The summed E-state index contributed by atoms with van der Waals surface area (Å²) in [7, 11) is 0. The van der Waals surface area contributed by atoms with E-state index in [2.05, 4.69) is 112 Å². The average Bonchev–Trinajstić information content (AvgIpc) is 4.04. The molecule has 0 radical (unpaired) electrons. The van der Waals surface area contributed by atoms with Crippen LogP contribution in [0.1, 0.15) is 169 Å². The van der Waals surface area contributed by atoms with Gasteiger partial charge in [-0.3, -0.25) is 0 Å². The van der Waals surface area contributed by atoms with E-state index in [-0.39, 0.29) is 0 Å². The smallest absolute Gasteiger partial charge is 0.0603 e. The summed E-state index contributed by atoms with van der Waals surface area (Å²) in [4.78, 5) is 7.29. The maximum Gasteiger partial charge on any atom is 0.0603 e. The van der Waals surface area contributed by atoms with E-state index in [0.29, 0.717) is 11.2 Å². The maximum atomic E-state index is 4.98. The zero-order chi connectivity index (χ0) is 40.7. The van der Waals surface area contributed by atoms with Crippen molar-refractivity contribution in [2.45, 2.75) is 170 Å². The van der Waals surface area contributed by atoms with Crippen LogP contribution in [0.3, 0.4) is 0 Å². The van der Waals surface area contributed by atoms with Crippen molar-refractivity contribution in [3.63, 3.8) is 0 Å². The summed E-state index contributed by atoms with van der Waals surface area (Å²) in [5.74, 6) is 0.579. The van der Waals surface area contributed by atoms with E-state index in [4.69, 9.17) is 25.3 Å². The van der Waals surface area contributed by atoms with Crippen LogP contribution in [0.5, 0.6) is 0 Å². The van der Waals surface area contributed by atoms with E-state index < -0.39 is 0 Å². The fraction of sp³-hybridized carbons (Fsp3) is 0.500. The summed E-state index contributed by atoms with van der Waals surface area (Å²) in [6, 6.07) is 26.2. The molecule has 3 aromatic heterocycles. The molecule has 0 nitrogen and oxygen atoms in total. The second-order valence-corrected chi connectivity index (χ2v) is 22.5. The maximum absolute atomic E-state index is 4.98. The summed E-state index contributed by atoms with van der Waals surface area (Å²) < 4.78 is 2.37. The summed E-state index contributed by atoms with van der Waals surface area (Å²) >= 11 is 17.7. The molecule has 0 saturated carbocycles. The predicted molar refractivity (Wildman–Crippen MR) is 271 cm³/mol. The number of aryl methyl sites for hydroxylation is 3. The van der Waals surface area contributed by atoms with E-state index in [9.17, 15) is 0 Å². The molecule has 0 aliphatic carbocycles. The van der Waals surface area contributed by atoms with Crippen molar-refractivity contribution in [1.82, 2.24) is 0 Å². The van der Waals surface area contributed by atoms with Gasteiger partial charge in [-0.2, -0.15) is 0 Å². The quantitative estimate of drug-likeness (QED) is 0.0435. The van der Waals surface area contributed by atoms with Gasteiger partial charge in [-0.15, -0.1) is 71.0 Å². The number of rotatable bonds is 25. The van der Waals surface area contributed by atoms with Crippen LogP contribution in [0.4, 0.5) is 0 Å². The third-order valence-corrected chi connectivity index (χ3v) is 17.9. The third kappa shape index (κ3) is 12.7. The Labute approximate surface area is 380 Å². The van der Waals surface area contributed by atoms with Crippen molar-refractivity contribution in [3.05, 3.63) is 99.9 Å². The summed E-state index contributed by atoms with van der Waals surface area (Å²) in [5.41, 5.74) is 9.75. The Hall–Kier alpha value is -1.67. The first-order chi connectivity index (χ1) is 28.4. The zero-order valence-corrected chi connectivity index (χ0v) is 40.8. The van der Waals surface area contributed by atoms with E-state index >= 15 is 0 Å². The molecule has 5 aromatic rings. The van der Waals surface area contributed by atoms with Gasteiger partial charge in [0.05, 0.1) is 13.7 Å². The molecule has 58 heavy (non-hydrogen) atoms. The lowest BCUT2D eigenvalue weighted by Gasteiger charge is -2.17. The minimum absolute atomic E-state index is 0.496. The summed E-state index contributed by atoms with van der Waals surface area (Å²) in [6.45, 7) is 9.20. The van der Waals surface area contributed by atoms with Gasteiger partial charge in [0.1, 0.15) is 0 Å². The molecule has 0 amide bonds. The number of hydrogen-bond acceptors (Lipinski definition) is 6. The van der Waals surface area contributed by atoms with Gasteiger partial charge in [0.2, 0.25) is 0 Å². The number of thiol groups is 2. The highest BCUT2D eigenvalue weighted by atomic mass is 32.2. The van der Waals surface area contributed by atoms with Crippen molar-refractivity contribution in [2.24, 2.45) is 5.92 Å². The van der Waals surface area contributed by atoms with Crippen molar-refractivity contribution in [2.75, 3.05) is 0 Å². The van der Waals surface area contributed by atoms with Gasteiger partial charge >= 0.3 is 0 Å². The van der Waals surface area contributed by atoms with Gasteiger partial charge in [0.25, 0.3) is 0 Å². The molecular formula is C52H68S6. The molecule has 0 spiro atoms. The van der Waals surface area contributed by atoms with E-state index in [1.54, 1.807) is 0 Å². The van der Waals surface area contributed by atoms with Crippen LogP contribution >= 0.6 is 71.0 Å². The fourth-order valence-corrected chi connectivity index (χ4v) is 14.3. The molecule has 312 valence electrons. The van der Waals surface area contributed by atoms with Crippen LogP contribution in [-0.4, -0.2) is 0 Å². The number of unbranched alkanes of at least 4 members (excludes halogenated alkanes) is 12. The molecule has 2 atom stereocenters. The fourth-order valence-electron chi connectivity index (χ4n) is 8.43. The molecule has 1 aliphatic heterocycles. The van der Waals surface area contributed by atoms with Crippen LogP contribution in [0.2, 0.25) is 0 Å². The minimum Gasteiger partial charge on any atom is -0.134 e. The van der Waals surface area contributed by atoms with Gasteiger partial charge in [-0.05, 0) is 108 Å². The van der Waals surface area contributed by atoms with E-state index in [0.717, 1.165) is 23.5 Å². The van der Waals surface area contributed by atoms with E-state index in [1.165, 1.54) is 177 Å². The highest BCUT2D eigenvalue weighted by Crippen LogP contribution is 2.55. The molecule has 2 aromatic carbocycles. The van der Waals surface area contributed by atoms with Gasteiger partial charge in [-0.25, -0.2) is 0 Å². The molecule has 0 fully saturated rings. The van der Waals surface area contributed by atoms with Crippen LogP contribution in [0.15, 0.2) is 81.2 Å². The summed E-state index contributed by atoms with van der Waals surface area (Å²) in [5, 5.41) is 0.496. The first-order valence-corrected chi connectivity index (χ1v) is 27.0. The van der Waals surface area contributed by atoms with E-state index in [1.807, 2.05) is 34.0 Å². The lowest BCUT2D eigenvalue weighted by Crippen LogP contribution is -2.02. The Morgan fingerprint density at radius 3 is 1.59 bits per heavy atom. The standard InChI is InChI=1S/C52H68S6/c1-5-9-13-17-21-41-34-46(51-43(36-48(53)58-51)23-19-15-11-7-3)56-49(41)40-31-27-38(28-32-40)37-25-29-39(30-26-37)45-33-42(22-18-14-10-6-2)50(55-45)47-35-44(52(54)57-47)24-20-16-12-8-4/h25-36,42,50,53-54H,5-24H2,1-4H3. The van der Waals surface area contributed by atoms with Crippen LogP contribution in [0.25, 0.3) is 36.2 Å². The highest BCUT2D eigenvalue weighted by Gasteiger charge is 2.32. The number of thiophene rings is 3. The first-order valence-electron chi connectivity index (χ1n) is 22.8. The monoisotopic (exact) mass is 884 g/mol. The van der Waals surface area contributed by atoms with Crippen molar-refractivity contribution < 1.29 is 0 Å². The highest BCUT2D eigenvalue weighted by molar-refractivity contribution is 8.08. The van der Waals surface area contributed by atoms with Crippen molar-refractivity contribution in [1.29, 1.82) is 0 Å². The molecule has 6 rings (SSSR count). The Bertz CT molecular complexity index is 1990. The molecule has 0 N–H and O–H groups in total. The number of thioether (sulfide) groups is 1. The predicted octanol–water partition coefficient (Wildman–Crippen LogP) is 19.2.